The van der Waals surface area contributed by atoms with Crippen molar-refractivity contribution in [2.45, 2.75) is 25.2 Å². The van der Waals surface area contributed by atoms with Crippen LogP contribution in [0.1, 0.15) is 27.9 Å². The Kier molecular flexibility index (Phi) is 6.45. The van der Waals surface area contributed by atoms with Crippen LogP contribution in [0.2, 0.25) is 0 Å². The Morgan fingerprint density at radius 2 is 1.89 bits per heavy atom. The number of amides is 1. The Morgan fingerprint density at radius 1 is 1.08 bits per heavy atom. The Hall–Kier alpha value is -3.63. The first-order valence-corrected chi connectivity index (χ1v) is 13.0. The summed E-state index contributed by atoms with van der Waals surface area (Å²) in [6.07, 6.45) is -4.05. The van der Waals surface area contributed by atoms with Crippen molar-refractivity contribution in [1.29, 1.82) is 0 Å². The molecule has 1 fully saturated rings. The maximum atomic E-state index is 13.6. The van der Waals surface area contributed by atoms with Crippen molar-refractivity contribution in [2.24, 2.45) is 0 Å². The fraction of sp³-hybridized carbons (Fsp3) is 0.286. The highest BCUT2D eigenvalue weighted by Crippen LogP contribution is 2.42. The molecule has 2 aliphatic heterocycles. The second-order valence-electron chi connectivity index (χ2n) is 9.17. The Morgan fingerprint density at radius 3 is 2.68 bits per heavy atom. The van der Waals surface area contributed by atoms with Crippen molar-refractivity contribution in [1.82, 2.24) is 9.88 Å². The number of thiazole rings is 1. The fourth-order valence-electron chi connectivity index (χ4n) is 4.74. The van der Waals surface area contributed by atoms with Gasteiger partial charge in [0.15, 0.2) is 11.5 Å². The van der Waals surface area contributed by atoms with Crippen LogP contribution in [0.15, 0.2) is 60.7 Å². The third-order valence-electron chi connectivity index (χ3n) is 6.57. The van der Waals surface area contributed by atoms with Gasteiger partial charge >= 0.3 is 6.18 Å². The molecule has 1 atom stereocenters. The van der Waals surface area contributed by atoms with E-state index in [1.807, 2.05) is 36.4 Å². The van der Waals surface area contributed by atoms with Crippen LogP contribution in [0.5, 0.6) is 11.5 Å². The van der Waals surface area contributed by atoms with Gasteiger partial charge in [0.25, 0.3) is 5.91 Å². The van der Waals surface area contributed by atoms with Crippen LogP contribution in [0.25, 0.3) is 20.8 Å². The third kappa shape index (κ3) is 4.81. The number of para-hydroxylation sites is 1. The highest BCUT2D eigenvalue weighted by Gasteiger charge is 2.36. The lowest BCUT2D eigenvalue weighted by molar-refractivity contribution is -0.138. The number of fused-ring (bicyclic) bond motifs is 2. The zero-order valence-corrected chi connectivity index (χ0v) is 21.0. The maximum Gasteiger partial charge on any atom is 0.417 e. The molecule has 4 aromatic rings. The standard InChI is InChI=1S/C28H23F3N2O4S/c29-28(30,31)21-6-2-1-5-20(21)27(34)33-10-12-36-25-18(15-33)13-17(14-23(25)37-19-9-11-35-16-19)26-32-22-7-3-4-8-24(22)38-26/h1-8,13-14,19H,9-12,15-16H2. The van der Waals surface area contributed by atoms with Gasteiger partial charge < -0.3 is 19.1 Å². The minimum atomic E-state index is -4.64. The molecule has 196 valence electrons. The largest absolute Gasteiger partial charge is 0.487 e. The van der Waals surface area contributed by atoms with Crippen LogP contribution in [-0.4, -0.2) is 48.3 Å². The van der Waals surface area contributed by atoms with E-state index < -0.39 is 17.6 Å². The van der Waals surface area contributed by atoms with Crippen LogP contribution in [0, 0.1) is 0 Å². The van der Waals surface area contributed by atoms with E-state index in [0.29, 0.717) is 30.3 Å². The molecule has 38 heavy (non-hydrogen) atoms. The molecule has 0 radical (unpaired) electrons. The number of carbonyl (C=O) groups excluding carboxylic acids is 1. The summed E-state index contributed by atoms with van der Waals surface area (Å²) in [6, 6.07) is 16.4. The zero-order chi connectivity index (χ0) is 26.3. The second kappa shape index (κ2) is 9.92. The smallest absolute Gasteiger partial charge is 0.417 e. The van der Waals surface area contributed by atoms with E-state index in [2.05, 4.69) is 0 Å². The van der Waals surface area contributed by atoms with E-state index in [1.54, 1.807) is 0 Å². The summed E-state index contributed by atoms with van der Waals surface area (Å²) in [5, 5.41) is 0.770. The van der Waals surface area contributed by atoms with Gasteiger partial charge in [-0.3, -0.25) is 4.79 Å². The van der Waals surface area contributed by atoms with E-state index in [9.17, 15) is 18.0 Å². The number of rotatable bonds is 4. The second-order valence-corrected chi connectivity index (χ2v) is 10.2. The van der Waals surface area contributed by atoms with Gasteiger partial charge in [-0.2, -0.15) is 13.2 Å². The highest BCUT2D eigenvalue weighted by atomic mass is 32.1. The first-order valence-electron chi connectivity index (χ1n) is 12.2. The van der Waals surface area contributed by atoms with Crippen molar-refractivity contribution < 1.29 is 32.2 Å². The summed E-state index contributed by atoms with van der Waals surface area (Å²) < 4.78 is 59.8. The van der Waals surface area contributed by atoms with Crippen LogP contribution < -0.4 is 9.47 Å². The molecule has 0 bridgehead atoms. The van der Waals surface area contributed by atoms with Gasteiger partial charge in [-0.05, 0) is 36.4 Å². The molecular formula is C28H23F3N2O4S. The summed E-state index contributed by atoms with van der Waals surface area (Å²) >= 11 is 1.53. The predicted octanol–water partition coefficient (Wildman–Crippen LogP) is 6.18. The molecule has 0 N–H and O–H groups in total. The summed E-state index contributed by atoms with van der Waals surface area (Å²) in [7, 11) is 0. The van der Waals surface area contributed by atoms with E-state index in [0.717, 1.165) is 33.3 Å². The summed E-state index contributed by atoms with van der Waals surface area (Å²) in [6.45, 7) is 1.37. The molecule has 1 aromatic heterocycles. The molecule has 3 aromatic carbocycles. The number of nitrogens with zero attached hydrogens (tertiary/aromatic N) is 2. The van der Waals surface area contributed by atoms with E-state index in [4.69, 9.17) is 19.2 Å². The number of benzene rings is 3. The Balaban J connectivity index is 1.40. The Labute approximate surface area is 220 Å². The van der Waals surface area contributed by atoms with Crippen LogP contribution in [0.4, 0.5) is 13.2 Å². The van der Waals surface area contributed by atoms with Gasteiger partial charge in [0, 0.05) is 24.1 Å². The molecule has 2 aliphatic rings. The van der Waals surface area contributed by atoms with Gasteiger partial charge in [0.2, 0.25) is 0 Å². The number of hydrogen-bond donors (Lipinski definition) is 0. The molecule has 1 saturated heterocycles. The minimum absolute atomic E-state index is 0.0661. The topological polar surface area (TPSA) is 60.9 Å². The van der Waals surface area contributed by atoms with Gasteiger partial charge in [-0.15, -0.1) is 11.3 Å². The lowest BCUT2D eigenvalue weighted by atomic mass is 10.0. The monoisotopic (exact) mass is 540 g/mol. The third-order valence-corrected chi connectivity index (χ3v) is 7.66. The van der Waals surface area contributed by atoms with E-state index in [1.165, 1.54) is 34.4 Å². The summed E-state index contributed by atoms with van der Waals surface area (Å²) in [5.41, 5.74) is 0.957. The molecule has 1 unspecified atom stereocenters. The van der Waals surface area contributed by atoms with Crippen molar-refractivity contribution in [3.8, 4) is 22.1 Å². The van der Waals surface area contributed by atoms with Crippen molar-refractivity contribution in [3.05, 3.63) is 77.4 Å². The highest BCUT2D eigenvalue weighted by molar-refractivity contribution is 7.21. The van der Waals surface area contributed by atoms with E-state index in [-0.39, 0.29) is 31.4 Å². The zero-order valence-electron chi connectivity index (χ0n) is 20.2. The summed E-state index contributed by atoms with van der Waals surface area (Å²) in [4.78, 5) is 19.5. The number of ether oxygens (including phenoxy) is 3. The van der Waals surface area contributed by atoms with Gasteiger partial charge in [-0.1, -0.05) is 24.3 Å². The number of alkyl halides is 3. The molecule has 6 nitrogen and oxygen atoms in total. The lowest BCUT2D eigenvalue weighted by Gasteiger charge is -2.22. The molecule has 3 heterocycles. The average Bonchev–Trinajstić information content (AvgIpc) is 3.53. The number of hydrogen-bond acceptors (Lipinski definition) is 6. The first kappa shape index (κ1) is 24.7. The number of halogens is 3. The number of aromatic nitrogens is 1. The Bertz CT molecular complexity index is 1460. The molecule has 0 saturated carbocycles. The summed E-state index contributed by atoms with van der Waals surface area (Å²) in [5.74, 6) is 0.296. The first-order chi connectivity index (χ1) is 18.4. The molecule has 0 aliphatic carbocycles. The van der Waals surface area contributed by atoms with Gasteiger partial charge in [-0.25, -0.2) is 4.98 Å². The quantitative estimate of drug-likeness (QED) is 0.309. The lowest BCUT2D eigenvalue weighted by Crippen LogP contribution is -2.33. The van der Waals surface area contributed by atoms with Crippen LogP contribution in [-0.2, 0) is 17.5 Å². The van der Waals surface area contributed by atoms with Crippen molar-refractivity contribution >= 4 is 27.5 Å². The predicted molar refractivity (Wildman–Crippen MR) is 137 cm³/mol. The fourth-order valence-corrected chi connectivity index (χ4v) is 5.69. The SMILES string of the molecule is O=C(c1ccccc1C(F)(F)F)N1CCOc2c(cc(-c3nc4ccccc4s3)cc2OC2CCOC2)C1. The maximum absolute atomic E-state index is 13.6. The minimum Gasteiger partial charge on any atom is -0.487 e. The van der Waals surface area contributed by atoms with Crippen molar-refractivity contribution in [3.63, 3.8) is 0 Å². The van der Waals surface area contributed by atoms with Crippen molar-refractivity contribution in [2.75, 3.05) is 26.4 Å². The van der Waals surface area contributed by atoms with Crippen LogP contribution in [0.3, 0.4) is 0 Å². The molecule has 0 spiro atoms. The normalized spacial score (nSPS) is 17.7. The van der Waals surface area contributed by atoms with Gasteiger partial charge in [0.1, 0.15) is 17.7 Å². The number of carbonyl (C=O) groups is 1. The van der Waals surface area contributed by atoms with Crippen LogP contribution >= 0.6 is 11.3 Å². The molecule has 6 rings (SSSR count). The van der Waals surface area contributed by atoms with E-state index >= 15 is 0 Å². The van der Waals surface area contributed by atoms with Gasteiger partial charge in [0.05, 0.1) is 41.1 Å². The molecule has 10 heteroatoms. The molecular weight excluding hydrogens is 517 g/mol. The molecule has 1 amide bonds. The average molecular weight is 541 g/mol.